The summed E-state index contributed by atoms with van der Waals surface area (Å²) < 4.78 is 5.75. The van der Waals surface area contributed by atoms with Gasteiger partial charge in [0.2, 0.25) is 0 Å². The van der Waals surface area contributed by atoms with E-state index in [1.165, 1.54) is 5.56 Å². The minimum Gasteiger partial charge on any atom is -0.459 e. The molecule has 3 rings (SSSR count). The molecule has 2 heterocycles. The van der Waals surface area contributed by atoms with Gasteiger partial charge in [-0.3, -0.25) is 0 Å². The van der Waals surface area contributed by atoms with Crippen LogP contribution < -0.4 is 0 Å². The first-order chi connectivity index (χ1) is 8.33. The molecule has 0 amide bonds. The molecule has 3 heteroatoms. The summed E-state index contributed by atoms with van der Waals surface area (Å²) in [4.78, 5) is 0. The van der Waals surface area contributed by atoms with E-state index in [0.717, 1.165) is 23.2 Å². The Morgan fingerprint density at radius 3 is 2.88 bits per heavy atom. The standard InChI is InChI=1S/C14H11ClOS/c15-12(7-10-5-6-17-9-10)14-8-11-3-1-2-4-13(11)16-14/h1-6,8-9,12H,7H2. The van der Waals surface area contributed by atoms with Gasteiger partial charge in [0.1, 0.15) is 11.3 Å². The molecular weight excluding hydrogens is 252 g/mol. The maximum Gasteiger partial charge on any atom is 0.134 e. The van der Waals surface area contributed by atoms with Gasteiger partial charge in [-0.05, 0) is 40.9 Å². The number of fused-ring (bicyclic) bond motifs is 1. The number of hydrogen-bond acceptors (Lipinski definition) is 2. The van der Waals surface area contributed by atoms with Gasteiger partial charge in [-0.25, -0.2) is 0 Å². The summed E-state index contributed by atoms with van der Waals surface area (Å²) in [6, 6.07) is 12.1. The van der Waals surface area contributed by atoms with Crippen molar-refractivity contribution in [2.45, 2.75) is 11.8 Å². The highest BCUT2D eigenvalue weighted by Gasteiger charge is 2.14. The first-order valence-corrected chi connectivity index (χ1v) is 6.84. The van der Waals surface area contributed by atoms with Crippen molar-refractivity contribution in [2.75, 3.05) is 0 Å². The van der Waals surface area contributed by atoms with Crippen LogP contribution in [0, 0.1) is 0 Å². The van der Waals surface area contributed by atoms with Crippen molar-refractivity contribution < 1.29 is 4.42 Å². The molecule has 0 saturated heterocycles. The Morgan fingerprint density at radius 2 is 2.12 bits per heavy atom. The fraction of sp³-hybridized carbons (Fsp3) is 0.143. The van der Waals surface area contributed by atoms with Crippen molar-refractivity contribution in [3.05, 3.63) is 58.5 Å². The molecule has 0 spiro atoms. The highest BCUT2D eigenvalue weighted by molar-refractivity contribution is 7.07. The molecular formula is C14H11ClOS. The first-order valence-electron chi connectivity index (χ1n) is 5.46. The lowest BCUT2D eigenvalue weighted by molar-refractivity contribution is 0.540. The van der Waals surface area contributed by atoms with Crippen LogP contribution in [0.3, 0.4) is 0 Å². The van der Waals surface area contributed by atoms with Crippen LogP contribution in [-0.2, 0) is 6.42 Å². The minimum atomic E-state index is -0.100. The highest BCUT2D eigenvalue weighted by Crippen LogP contribution is 2.30. The van der Waals surface area contributed by atoms with Gasteiger partial charge in [0.15, 0.2) is 0 Å². The van der Waals surface area contributed by atoms with E-state index >= 15 is 0 Å². The van der Waals surface area contributed by atoms with E-state index in [-0.39, 0.29) is 5.38 Å². The molecule has 1 nitrogen and oxygen atoms in total. The van der Waals surface area contributed by atoms with Gasteiger partial charge in [0.05, 0.1) is 5.38 Å². The van der Waals surface area contributed by atoms with E-state index < -0.39 is 0 Å². The van der Waals surface area contributed by atoms with Crippen LogP contribution in [0.15, 0.2) is 51.6 Å². The van der Waals surface area contributed by atoms with Gasteiger partial charge in [0.25, 0.3) is 0 Å². The second kappa shape index (κ2) is 4.55. The van der Waals surface area contributed by atoms with Crippen molar-refractivity contribution in [3.63, 3.8) is 0 Å². The first kappa shape index (κ1) is 10.9. The van der Waals surface area contributed by atoms with Crippen LogP contribution in [0.1, 0.15) is 16.7 Å². The summed E-state index contributed by atoms with van der Waals surface area (Å²) in [7, 11) is 0. The third-order valence-electron chi connectivity index (χ3n) is 2.75. The van der Waals surface area contributed by atoms with E-state index in [4.69, 9.17) is 16.0 Å². The van der Waals surface area contributed by atoms with E-state index in [2.05, 4.69) is 16.8 Å². The van der Waals surface area contributed by atoms with Crippen LogP contribution >= 0.6 is 22.9 Å². The van der Waals surface area contributed by atoms with Crippen LogP contribution in [0.4, 0.5) is 0 Å². The third kappa shape index (κ3) is 2.24. The van der Waals surface area contributed by atoms with Crippen molar-refractivity contribution in [2.24, 2.45) is 0 Å². The molecule has 0 radical (unpaired) electrons. The zero-order valence-electron chi connectivity index (χ0n) is 9.10. The topological polar surface area (TPSA) is 13.1 Å². The van der Waals surface area contributed by atoms with Gasteiger partial charge in [-0.2, -0.15) is 11.3 Å². The Bertz CT molecular complexity index is 579. The van der Waals surface area contributed by atoms with Gasteiger partial charge < -0.3 is 4.42 Å². The predicted octanol–water partition coefficient (Wildman–Crippen LogP) is 5.02. The molecule has 86 valence electrons. The van der Waals surface area contributed by atoms with E-state index in [1.807, 2.05) is 30.3 Å². The molecule has 17 heavy (non-hydrogen) atoms. The largest absolute Gasteiger partial charge is 0.459 e. The number of hydrogen-bond donors (Lipinski definition) is 0. The second-order valence-electron chi connectivity index (χ2n) is 3.99. The Balaban J connectivity index is 1.88. The molecule has 1 aromatic carbocycles. The lowest BCUT2D eigenvalue weighted by atomic mass is 10.1. The fourth-order valence-electron chi connectivity index (χ4n) is 1.87. The number of thiophene rings is 1. The van der Waals surface area contributed by atoms with E-state index in [9.17, 15) is 0 Å². The molecule has 0 N–H and O–H groups in total. The molecule has 1 atom stereocenters. The molecule has 1 unspecified atom stereocenters. The SMILES string of the molecule is ClC(Cc1ccsc1)c1cc2ccccc2o1. The molecule has 0 saturated carbocycles. The summed E-state index contributed by atoms with van der Waals surface area (Å²) in [6.45, 7) is 0. The summed E-state index contributed by atoms with van der Waals surface area (Å²) >= 11 is 8.07. The Hall–Kier alpha value is -1.25. The van der Waals surface area contributed by atoms with E-state index in [0.29, 0.717) is 0 Å². The van der Waals surface area contributed by atoms with Crippen molar-refractivity contribution in [1.82, 2.24) is 0 Å². The zero-order chi connectivity index (χ0) is 11.7. The van der Waals surface area contributed by atoms with Crippen LogP contribution in [0.5, 0.6) is 0 Å². The van der Waals surface area contributed by atoms with Crippen molar-refractivity contribution in [1.29, 1.82) is 0 Å². The maximum atomic E-state index is 6.38. The van der Waals surface area contributed by atoms with Crippen molar-refractivity contribution >= 4 is 33.9 Å². The monoisotopic (exact) mass is 262 g/mol. The molecule has 2 aromatic heterocycles. The number of halogens is 1. The zero-order valence-corrected chi connectivity index (χ0v) is 10.7. The minimum absolute atomic E-state index is 0.100. The summed E-state index contributed by atoms with van der Waals surface area (Å²) in [6.07, 6.45) is 0.810. The lowest BCUT2D eigenvalue weighted by Gasteiger charge is -2.03. The Morgan fingerprint density at radius 1 is 1.24 bits per heavy atom. The number of para-hydroxylation sites is 1. The molecule has 0 aliphatic carbocycles. The van der Waals surface area contributed by atoms with Crippen LogP contribution in [-0.4, -0.2) is 0 Å². The molecule has 0 aliphatic rings. The predicted molar refractivity (Wildman–Crippen MR) is 72.8 cm³/mol. The third-order valence-corrected chi connectivity index (χ3v) is 3.85. The second-order valence-corrected chi connectivity index (χ2v) is 5.30. The number of alkyl halides is 1. The Kier molecular flexibility index (Phi) is 2.91. The average Bonchev–Trinajstić information content (AvgIpc) is 2.96. The molecule has 3 aromatic rings. The normalized spacial score (nSPS) is 13.0. The average molecular weight is 263 g/mol. The quantitative estimate of drug-likeness (QED) is 0.604. The fourth-order valence-corrected chi connectivity index (χ4v) is 2.84. The summed E-state index contributed by atoms with van der Waals surface area (Å²) in [5, 5.41) is 5.20. The Labute approximate surface area is 109 Å². The maximum absolute atomic E-state index is 6.38. The van der Waals surface area contributed by atoms with Gasteiger partial charge in [-0.1, -0.05) is 18.2 Å². The van der Waals surface area contributed by atoms with Crippen LogP contribution in [0.25, 0.3) is 11.0 Å². The van der Waals surface area contributed by atoms with E-state index in [1.54, 1.807) is 11.3 Å². The number of rotatable bonds is 3. The van der Waals surface area contributed by atoms with Crippen LogP contribution in [0.2, 0.25) is 0 Å². The highest BCUT2D eigenvalue weighted by atomic mass is 35.5. The number of furan rings is 1. The summed E-state index contributed by atoms with van der Waals surface area (Å²) in [5.74, 6) is 0.846. The van der Waals surface area contributed by atoms with Crippen molar-refractivity contribution in [3.8, 4) is 0 Å². The lowest BCUT2D eigenvalue weighted by Crippen LogP contribution is -1.92. The van der Waals surface area contributed by atoms with Gasteiger partial charge >= 0.3 is 0 Å². The molecule has 0 aliphatic heterocycles. The smallest absolute Gasteiger partial charge is 0.134 e. The number of benzene rings is 1. The van der Waals surface area contributed by atoms with Gasteiger partial charge in [0, 0.05) is 5.39 Å². The molecule has 0 fully saturated rings. The summed E-state index contributed by atoms with van der Waals surface area (Å²) in [5.41, 5.74) is 2.16. The van der Waals surface area contributed by atoms with Gasteiger partial charge in [-0.15, -0.1) is 11.6 Å². The molecule has 0 bridgehead atoms.